The molecule has 2 heterocycles. The number of nitriles is 1. The zero-order chi connectivity index (χ0) is 24.0. The van der Waals surface area contributed by atoms with Crippen molar-refractivity contribution in [2.75, 3.05) is 39.4 Å². The summed E-state index contributed by atoms with van der Waals surface area (Å²) in [6.07, 6.45) is 0.907. The number of carbonyl (C=O) groups excluding carboxylic acids is 1. The highest BCUT2D eigenvalue weighted by molar-refractivity contribution is 7.89. The fourth-order valence-corrected chi connectivity index (χ4v) is 6.10. The minimum Gasteiger partial charge on any atom is -0.379 e. The van der Waals surface area contributed by atoms with Crippen molar-refractivity contribution in [2.24, 2.45) is 5.92 Å². The normalized spacial score (nSPS) is 18.3. The summed E-state index contributed by atoms with van der Waals surface area (Å²) < 4.78 is 32.8. The molecule has 180 valence electrons. The second kappa shape index (κ2) is 11.1. The molecule has 2 aromatic rings. The summed E-state index contributed by atoms with van der Waals surface area (Å²) >= 11 is 0. The number of amides is 1. The second-order valence-electron chi connectivity index (χ2n) is 8.66. The third-order valence-corrected chi connectivity index (χ3v) is 8.48. The molecule has 2 saturated heterocycles. The van der Waals surface area contributed by atoms with Crippen molar-refractivity contribution in [1.82, 2.24) is 14.5 Å². The molecule has 9 heteroatoms. The number of morpholine rings is 1. The number of hydrogen-bond acceptors (Lipinski definition) is 6. The van der Waals surface area contributed by atoms with Gasteiger partial charge in [-0.25, -0.2) is 8.42 Å². The molecule has 0 radical (unpaired) electrons. The number of rotatable bonds is 7. The number of piperidine rings is 1. The van der Waals surface area contributed by atoms with Crippen LogP contribution in [0.2, 0.25) is 0 Å². The van der Waals surface area contributed by atoms with E-state index in [4.69, 9.17) is 4.74 Å². The minimum atomic E-state index is -3.76. The lowest BCUT2D eigenvalue weighted by atomic mass is 9.97. The van der Waals surface area contributed by atoms with Crippen molar-refractivity contribution in [3.8, 4) is 6.07 Å². The molecule has 1 N–H and O–H groups in total. The first-order valence-electron chi connectivity index (χ1n) is 11.6. The third-order valence-electron chi connectivity index (χ3n) is 6.52. The maximum Gasteiger partial charge on any atom is 0.244 e. The number of nitrogens with one attached hydrogen (secondary N) is 1. The van der Waals surface area contributed by atoms with Gasteiger partial charge in [-0.3, -0.25) is 9.69 Å². The zero-order valence-corrected chi connectivity index (χ0v) is 20.0. The lowest BCUT2D eigenvalue weighted by Gasteiger charge is -2.31. The molecular weight excluding hydrogens is 452 g/mol. The first-order valence-corrected chi connectivity index (χ1v) is 13.1. The maximum atomic E-state index is 13.0. The quantitative estimate of drug-likeness (QED) is 0.649. The van der Waals surface area contributed by atoms with Gasteiger partial charge in [-0.05, 0) is 36.1 Å². The van der Waals surface area contributed by atoms with Crippen LogP contribution in [0.1, 0.15) is 29.5 Å². The maximum absolute atomic E-state index is 13.0. The van der Waals surface area contributed by atoms with Crippen LogP contribution in [0, 0.1) is 17.2 Å². The van der Waals surface area contributed by atoms with Crippen molar-refractivity contribution in [2.45, 2.75) is 30.8 Å². The Kier molecular flexibility index (Phi) is 7.95. The van der Waals surface area contributed by atoms with Crippen molar-refractivity contribution < 1.29 is 17.9 Å². The van der Waals surface area contributed by atoms with Gasteiger partial charge in [0.25, 0.3) is 0 Å². The number of sulfonamides is 1. The number of ether oxygens (including phenoxy) is 1. The molecule has 0 bridgehead atoms. The molecule has 0 spiro atoms. The molecule has 2 aliphatic heterocycles. The van der Waals surface area contributed by atoms with Gasteiger partial charge in [-0.1, -0.05) is 36.4 Å². The Morgan fingerprint density at radius 3 is 2.35 bits per heavy atom. The average molecular weight is 483 g/mol. The Labute approximate surface area is 201 Å². The highest BCUT2D eigenvalue weighted by Gasteiger charge is 2.33. The van der Waals surface area contributed by atoms with Crippen LogP contribution in [0.15, 0.2) is 53.4 Å². The molecule has 0 aromatic heterocycles. The van der Waals surface area contributed by atoms with E-state index in [1.807, 2.05) is 24.3 Å². The molecule has 0 saturated carbocycles. The molecule has 0 atom stereocenters. The highest BCUT2D eigenvalue weighted by atomic mass is 32.2. The molecule has 4 rings (SSSR count). The van der Waals surface area contributed by atoms with Gasteiger partial charge in [0.15, 0.2) is 0 Å². The Bertz CT molecular complexity index is 1150. The Balaban J connectivity index is 1.32. The summed E-state index contributed by atoms with van der Waals surface area (Å²) in [6, 6.07) is 16.3. The van der Waals surface area contributed by atoms with Gasteiger partial charge in [-0.15, -0.1) is 0 Å². The topological polar surface area (TPSA) is 103 Å². The van der Waals surface area contributed by atoms with Crippen molar-refractivity contribution in [3.63, 3.8) is 0 Å². The summed E-state index contributed by atoms with van der Waals surface area (Å²) in [5.74, 6) is -0.278. The fraction of sp³-hybridized carbons (Fsp3) is 0.440. The zero-order valence-electron chi connectivity index (χ0n) is 19.2. The van der Waals surface area contributed by atoms with Crippen molar-refractivity contribution in [1.29, 1.82) is 5.26 Å². The molecule has 2 aliphatic rings. The number of carbonyl (C=O) groups is 1. The smallest absolute Gasteiger partial charge is 0.244 e. The summed E-state index contributed by atoms with van der Waals surface area (Å²) in [5.41, 5.74) is 2.43. The molecule has 2 aromatic carbocycles. The number of benzene rings is 2. The van der Waals surface area contributed by atoms with Gasteiger partial charge in [0.05, 0.1) is 23.7 Å². The Hall–Kier alpha value is -2.77. The van der Waals surface area contributed by atoms with Gasteiger partial charge in [-0.2, -0.15) is 9.57 Å². The monoisotopic (exact) mass is 482 g/mol. The van der Waals surface area contributed by atoms with Crippen molar-refractivity contribution in [3.05, 3.63) is 65.2 Å². The predicted molar refractivity (Wildman–Crippen MR) is 127 cm³/mol. The van der Waals surface area contributed by atoms with Gasteiger partial charge in [0.1, 0.15) is 6.07 Å². The standard InChI is InChI=1S/C25H30N4O4S/c26-17-21-5-3-4-8-24(21)34(31,32)29-11-9-20(10-12-29)25(30)27-18-22-6-1-2-7-23(22)19-28-13-15-33-16-14-28/h1-8,20H,9-16,18-19H2,(H,27,30). The summed E-state index contributed by atoms with van der Waals surface area (Å²) in [4.78, 5) is 15.2. The predicted octanol–water partition coefficient (Wildman–Crippen LogP) is 2.11. The third kappa shape index (κ3) is 5.65. The molecule has 2 fully saturated rings. The van der Waals surface area contributed by atoms with E-state index in [0.717, 1.165) is 38.4 Å². The summed E-state index contributed by atoms with van der Waals surface area (Å²) in [7, 11) is -3.76. The largest absolute Gasteiger partial charge is 0.379 e. The molecule has 0 unspecified atom stereocenters. The van der Waals surface area contributed by atoms with Crippen LogP contribution in [-0.4, -0.2) is 62.9 Å². The van der Waals surface area contributed by atoms with Gasteiger partial charge in [0.2, 0.25) is 15.9 Å². The van der Waals surface area contributed by atoms with E-state index in [9.17, 15) is 18.5 Å². The van der Waals surface area contributed by atoms with Crippen LogP contribution in [0.3, 0.4) is 0 Å². The first kappa shape index (κ1) is 24.4. The number of hydrogen-bond donors (Lipinski definition) is 1. The van der Waals surface area contributed by atoms with E-state index in [0.29, 0.717) is 19.4 Å². The van der Waals surface area contributed by atoms with E-state index in [-0.39, 0.29) is 35.4 Å². The number of nitrogens with zero attached hydrogens (tertiary/aromatic N) is 3. The minimum absolute atomic E-state index is 0.0253. The molecule has 0 aliphatic carbocycles. The van der Waals surface area contributed by atoms with Gasteiger partial charge in [0, 0.05) is 45.2 Å². The van der Waals surface area contributed by atoms with Crippen LogP contribution in [0.25, 0.3) is 0 Å². The van der Waals surface area contributed by atoms with E-state index in [1.165, 1.54) is 22.0 Å². The Morgan fingerprint density at radius 2 is 1.65 bits per heavy atom. The van der Waals surface area contributed by atoms with E-state index in [2.05, 4.69) is 16.3 Å². The summed E-state index contributed by atoms with van der Waals surface area (Å²) in [6.45, 7) is 5.09. The molecule has 1 amide bonds. The fourth-order valence-electron chi connectivity index (χ4n) is 4.49. The first-order chi connectivity index (χ1) is 16.5. The second-order valence-corrected chi connectivity index (χ2v) is 10.6. The molecule has 8 nitrogen and oxygen atoms in total. The van der Waals surface area contributed by atoms with Crippen LogP contribution >= 0.6 is 0 Å². The lowest BCUT2D eigenvalue weighted by molar-refractivity contribution is -0.126. The van der Waals surface area contributed by atoms with Crippen molar-refractivity contribution >= 4 is 15.9 Å². The van der Waals surface area contributed by atoms with Crippen LogP contribution < -0.4 is 5.32 Å². The average Bonchev–Trinajstić information content (AvgIpc) is 2.88. The van der Waals surface area contributed by atoms with Crippen LogP contribution in [-0.2, 0) is 32.6 Å². The van der Waals surface area contributed by atoms with E-state index < -0.39 is 10.0 Å². The van der Waals surface area contributed by atoms with Gasteiger partial charge < -0.3 is 10.1 Å². The van der Waals surface area contributed by atoms with Gasteiger partial charge >= 0.3 is 0 Å². The van der Waals surface area contributed by atoms with E-state index in [1.54, 1.807) is 12.1 Å². The lowest BCUT2D eigenvalue weighted by Crippen LogP contribution is -2.43. The molecular formula is C25H30N4O4S. The van der Waals surface area contributed by atoms with E-state index >= 15 is 0 Å². The Morgan fingerprint density at radius 1 is 1.00 bits per heavy atom. The highest BCUT2D eigenvalue weighted by Crippen LogP contribution is 2.26. The van der Waals surface area contributed by atoms with Crippen LogP contribution in [0.5, 0.6) is 0 Å². The molecule has 34 heavy (non-hydrogen) atoms. The summed E-state index contributed by atoms with van der Waals surface area (Å²) in [5, 5.41) is 12.3. The SMILES string of the molecule is N#Cc1ccccc1S(=O)(=O)N1CCC(C(=O)NCc2ccccc2CN2CCOCC2)CC1. The van der Waals surface area contributed by atoms with Crippen LogP contribution in [0.4, 0.5) is 0 Å².